The largest absolute Gasteiger partial charge is 0.344 e. The number of nitrogens with two attached hydrogens (primary N) is 1. The third kappa shape index (κ3) is 3.14. The molecule has 2 amide bonds. The van der Waals surface area contributed by atoms with E-state index in [4.69, 9.17) is 5.73 Å². The van der Waals surface area contributed by atoms with E-state index < -0.39 is 0 Å². The molecule has 3 atom stereocenters. The third-order valence-corrected chi connectivity index (χ3v) is 3.73. The summed E-state index contributed by atoms with van der Waals surface area (Å²) in [6, 6.07) is -0.188. The van der Waals surface area contributed by atoms with Crippen LogP contribution in [0.3, 0.4) is 0 Å². The zero-order valence-electron chi connectivity index (χ0n) is 10.7. The van der Waals surface area contributed by atoms with Crippen LogP contribution in [0.15, 0.2) is 0 Å². The van der Waals surface area contributed by atoms with Gasteiger partial charge in [0, 0.05) is 25.0 Å². The molecule has 5 nitrogen and oxygen atoms in total. The smallest absolute Gasteiger partial charge is 0.245 e. The van der Waals surface area contributed by atoms with Gasteiger partial charge < -0.3 is 16.0 Å². The molecule has 104 valence electrons. The Bertz CT molecular complexity index is 322. The molecule has 2 rings (SSSR count). The van der Waals surface area contributed by atoms with E-state index in [1.54, 1.807) is 0 Å². The van der Waals surface area contributed by atoms with E-state index in [1.165, 1.54) is 0 Å². The van der Waals surface area contributed by atoms with Gasteiger partial charge in [0.2, 0.25) is 11.8 Å². The van der Waals surface area contributed by atoms with Crippen LogP contribution in [-0.2, 0) is 9.59 Å². The minimum absolute atomic E-state index is 0. The van der Waals surface area contributed by atoms with Crippen LogP contribution in [0.1, 0.15) is 39.0 Å². The number of rotatable bonds is 2. The Balaban J connectivity index is 0.00000162. The summed E-state index contributed by atoms with van der Waals surface area (Å²) in [6.07, 6.45) is 4.24. The maximum absolute atomic E-state index is 12.3. The summed E-state index contributed by atoms with van der Waals surface area (Å²) >= 11 is 0. The quantitative estimate of drug-likeness (QED) is 0.767. The van der Waals surface area contributed by atoms with Crippen molar-refractivity contribution in [1.29, 1.82) is 0 Å². The molecule has 0 bridgehead atoms. The van der Waals surface area contributed by atoms with Gasteiger partial charge in [0.25, 0.3) is 0 Å². The van der Waals surface area contributed by atoms with Gasteiger partial charge in [0.15, 0.2) is 0 Å². The Morgan fingerprint density at radius 3 is 2.72 bits per heavy atom. The standard InChI is InChI=1S/C12H21N3O2.ClH/c1-8(13)10-4-2-3-7-15(10)12(17)9-5-6-11(16)14-9;/h8-10H,2-7,13H2,1H3,(H,14,16);1H/t8?,9-,10?;/m1./s1. The molecule has 0 spiro atoms. The van der Waals surface area contributed by atoms with Gasteiger partial charge in [0.05, 0.1) is 0 Å². The van der Waals surface area contributed by atoms with Crippen molar-refractivity contribution in [2.45, 2.75) is 57.2 Å². The van der Waals surface area contributed by atoms with E-state index in [-0.39, 0.29) is 42.3 Å². The van der Waals surface area contributed by atoms with E-state index in [1.807, 2.05) is 11.8 Å². The SMILES string of the molecule is CC(N)C1CCCCN1C(=O)[C@H]1CCC(=O)N1.Cl. The number of amides is 2. The lowest BCUT2D eigenvalue weighted by Crippen LogP contribution is -2.56. The molecule has 3 N–H and O–H groups in total. The van der Waals surface area contributed by atoms with E-state index in [2.05, 4.69) is 5.32 Å². The molecule has 6 heteroatoms. The van der Waals surface area contributed by atoms with Gasteiger partial charge in [-0.1, -0.05) is 0 Å². The van der Waals surface area contributed by atoms with E-state index in [9.17, 15) is 9.59 Å². The number of halogens is 1. The third-order valence-electron chi connectivity index (χ3n) is 3.73. The van der Waals surface area contributed by atoms with Gasteiger partial charge >= 0.3 is 0 Å². The number of nitrogens with one attached hydrogen (secondary N) is 1. The highest BCUT2D eigenvalue weighted by atomic mass is 35.5. The normalized spacial score (nSPS) is 29.4. The van der Waals surface area contributed by atoms with Gasteiger partial charge in [0.1, 0.15) is 6.04 Å². The molecule has 2 fully saturated rings. The summed E-state index contributed by atoms with van der Waals surface area (Å²) in [7, 11) is 0. The lowest BCUT2D eigenvalue weighted by Gasteiger charge is -2.39. The molecule has 0 aromatic carbocycles. The average molecular weight is 276 g/mol. The van der Waals surface area contributed by atoms with Gasteiger partial charge in [-0.25, -0.2) is 0 Å². The summed E-state index contributed by atoms with van der Waals surface area (Å²) in [6.45, 7) is 2.72. The second-order valence-corrected chi connectivity index (χ2v) is 5.11. The van der Waals surface area contributed by atoms with Crippen molar-refractivity contribution in [3.8, 4) is 0 Å². The fourth-order valence-corrected chi connectivity index (χ4v) is 2.78. The number of hydrogen-bond donors (Lipinski definition) is 2. The van der Waals surface area contributed by atoms with Gasteiger partial charge in [-0.05, 0) is 32.6 Å². The number of nitrogens with zero attached hydrogens (tertiary/aromatic N) is 1. The van der Waals surface area contributed by atoms with E-state index in [0.717, 1.165) is 25.8 Å². The molecule has 2 saturated heterocycles. The highest BCUT2D eigenvalue weighted by molar-refractivity contribution is 5.91. The first-order chi connectivity index (χ1) is 8.09. The molecule has 2 heterocycles. The van der Waals surface area contributed by atoms with Crippen molar-refractivity contribution in [2.24, 2.45) is 5.73 Å². The molecule has 0 radical (unpaired) electrons. The van der Waals surface area contributed by atoms with Crippen LogP contribution >= 0.6 is 12.4 Å². The zero-order valence-corrected chi connectivity index (χ0v) is 11.5. The maximum atomic E-state index is 12.3. The Morgan fingerprint density at radius 2 is 2.17 bits per heavy atom. The van der Waals surface area contributed by atoms with E-state index >= 15 is 0 Å². The molecule has 0 aromatic heterocycles. The van der Waals surface area contributed by atoms with E-state index in [0.29, 0.717) is 12.8 Å². The van der Waals surface area contributed by atoms with Crippen LogP contribution in [-0.4, -0.2) is 41.4 Å². The van der Waals surface area contributed by atoms with Crippen LogP contribution in [0.4, 0.5) is 0 Å². The minimum Gasteiger partial charge on any atom is -0.344 e. The minimum atomic E-state index is -0.318. The highest BCUT2D eigenvalue weighted by Crippen LogP contribution is 2.21. The van der Waals surface area contributed by atoms with Crippen LogP contribution in [0, 0.1) is 0 Å². The fourth-order valence-electron chi connectivity index (χ4n) is 2.78. The lowest BCUT2D eigenvalue weighted by atomic mass is 9.96. The van der Waals surface area contributed by atoms with Gasteiger partial charge in [-0.15, -0.1) is 12.4 Å². The number of piperidine rings is 1. The van der Waals surface area contributed by atoms with Crippen LogP contribution in [0.2, 0.25) is 0 Å². The summed E-state index contributed by atoms with van der Waals surface area (Å²) < 4.78 is 0. The molecule has 18 heavy (non-hydrogen) atoms. The molecule has 0 aliphatic carbocycles. The Labute approximate surface area is 114 Å². The topological polar surface area (TPSA) is 75.4 Å². The first-order valence-electron chi connectivity index (χ1n) is 6.45. The average Bonchev–Trinajstić information content (AvgIpc) is 2.75. The Kier molecular flexibility index (Phi) is 5.41. The second-order valence-electron chi connectivity index (χ2n) is 5.11. The summed E-state index contributed by atoms with van der Waals surface area (Å²) in [5.74, 6) is 0.0376. The number of hydrogen-bond acceptors (Lipinski definition) is 3. The van der Waals surface area contributed by atoms with Crippen LogP contribution < -0.4 is 11.1 Å². The molecule has 2 aliphatic heterocycles. The van der Waals surface area contributed by atoms with Gasteiger partial charge in [-0.2, -0.15) is 0 Å². The summed E-state index contributed by atoms with van der Waals surface area (Å²) in [5, 5.41) is 2.74. The van der Waals surface area contributed by atoms with Crippen molar-refractivity contribution in [1.82, 2.24) is 10.2 Å². The predicted molar refractivity (Wildman–Crippen MR) is 71.4 cm³/mol. The predicted octanol–water partition coefficient (Wildman–Crippen LogP) is 0.415. The first-order valence-corrected chi connectivity index (χ1v) is 6.45. The highest BCUT2D eigenvalue weighted by Gasteiger charge is 2.36. The molecular formula is C12H22ClN3O2. The number of carbonyl (C=O) groups is 2. The maximum Gasteiger partial charge on any atom is 0.245 e. The number of likely N-dealkylation sites (tertiary alicyclic amines) is 1. The van der Waals surface area contributed by atoms with Crippen molar-refractivity contribution in [3.63, 3.8) is 0 Å². The number of carbonyl (C=O) groups excluding carboxylic acids is 2. The zero-order chi connectivity index (χ0) is 12.4. The Morgan fingerprint density at radius 1 is 1.44 bits per heavy atom. The van der Waals surface area contributed by atoms with Crippen LogP contribution in [0.5, 0.6) is 0 Å². The molecular weight excluding hydrogens is 254 g/mol. The molecule has 2 aliphatic rings. The first kappa shape index (κ1) is 15.2. The monoisotopic (exact) mass is 275 g/mol. The molecule has 0 saturated carbocycles. The Hall–Kier alpha value is -0.810. The fraction of sp³-hybridized carbons (Fsp3) is 0.833. The lowest BCUT2D eigenvalue weighted by molar-refractivity contribution is -0.138. The van der Waals surface area contributed by atoms with Crippen molar-refractivity contribution >= 4 is 24.2 Å². The van der Waals surface area contributed by atoms with Crippen molar-refractivity contribution < 1.29 is 9.59 Å². The summed E-state index contributed by atoms with van der Waals surface area (Å²) in [5.41, 5.74) is 5.94. The summed E-state index contributed by atoms with van der Waals surface area (Å²) in [4.78, 5) is 25.3. The second kappa shape index (κ2) is 6.38. The molecule has 0 aromatic rings. The van der Waals surface area contributed by atoms with Gasteiger partial charge in [-0.3, -0.25) is 9.59 Å². The van der Waals surface area contributed by atoms with Crippen molar-refractivity contribution in [3.05, 3.63) is 0 Å². The van der Waals surface area contributed by atoms with Crippen LogP contribution in [0.25, 0.3) is 0 Å². The van der Waals surface area contributed by atoms with Crippen molar-refractivity contribution in [2.75, 3.05) is 6.54 Å². The molecule has 2 unspecified atom stereocenters.